The summed E-state index contributed by atoms with van der Waals surface area (Å²) in [6.45, 7) is 2.56. The summed E-state index contributed by atoms with van der Waals surface area (Å²) >= 11 is 0. The molecule has 1 unspecified atom stereocenters. The highest BCUT2D eigenvalue weighted by Gasteiger charge is 2.22. The molecular weight excluding hydrogens is 169 g/mol. The number of halogens is 1. The highest BCUT2D eigenvalue weighted by Crippen LogP contribution is 2.33. The van der Waals surface area contributed by atoms with Crippen molar-refractivity contribution >= 4 is 0 Å². The van der Waals surface area contributed by atoms with Crippen molar-refractivity contribution in [3.63, 3.8) is 0 Å². The van der Waals surface area contributed by atoms with Gasteiger partial charge in [-0.25, -0.2) is 4.39 Å². The van der Waals surface area contributed by atoms with E-state index in [1.54, 1.807) is 13.0 Å². The first-order chi connectivity index (χ1) is 6.20. The van der Waals surface area contributed by atoms with Gasteiger partial charge in [-0.3, -0.25) is 0 Å². The molecule has 2 nitrogen and oxygen atoms in total. The molecule has 0 spiro atoms. The van der Waals surface area contributed by atoms with Crippen molar-refractivity contribution in [2.45, 2.75) is 19.4 Å². The van der Waals surface area contributed by atoms with Gasteiger partial charge in [0.2, 0.25) is 0 Å². The zero-order chi connectivity index (χ0) is 9.42. The molecule has 0 amide bonds. The molecule has 1 aliphatic rings. The number of rotatable bonds is 1. The molecule has 1 heterocycles. The fourth-order valence-electron chi connectivity index (χ4n) is 1.53. The quantitative estimate of drug-likeness (QED) is 0.693. The van der Waals surface area contributed by atoms with Crippen molar-refractivity contribution in [2.24, 2.45) is 0 Å². The van der Waals surface area contributed by atoms with E-state index in [0.717, 1.165) is 18.5 Å². The summed E-state index contributed by atoms with van der Waals surface area (Å²) < 4.78 is 13.0. The fourth-order valence-corrected chi connectivity index (χ4v) is 1.53. The van der Waals surface area contributed by atoms with Crippen LogP contribution in [0, 0.1) is 12.7 Å². The van der Waals surface area contributed by atoms with Gasteiger partial charge >= 0.3 is 0 Å². The molecule has 2 N–H and O–H groups in total. The summed E-state index contributed by atoms with van der Waals surface area (Å²) in [5, 5.41) is 12.8. The lowest BCUT2D eigenvalue weighted by atomic mass is 9.95. The van der Waals surface area contributed by atoms with E-state index < -0.39 is 0 Å². The molecule has 0 bridgehead atoms. The number of benzene rings is 1. The Morgan fingerprint density at radius 1 is 1.54 bits per heavy atom. The predicted molar refractivity (Wildman–Crippen MR) is 48.2 cm³/mol. The lowest BCUT2D eigenvalue weighted by molar-refractivity contribution is 0.362. The van der Waals surface area contributed by atoms with Gasteiger partial charge in [-0.05, 0) is 26.0 Å². The normalized spacial score (nSPS) is 21.2. The van der Waals surface area contributed by atoms with E-state index in [1.165, 1.54) is 6.07 Å². The highest BCUT2D eigenvalue weighted by atomic mass is 19.1. The second-order valence-electron chi connectivity index (χ2n) is 3.41. The van der Waals surface area contributed by atoms with Crippen molar-refractivity contribution in [2.75, 3.05) is 6.54 Å². The molecule has 1 fully saturated rings. The number of nitrogens with one attached hydrogen (secondary N) is 1. The van der Waals surface area contributed by atoms with Crippen molar-refractivity contribution in [1.29, 1.82) is 0 Å². The van der Waals surface area contributed by atoms with Crippen LogP contribution >= 0.6 is 0 Å². The van der Waals surface area contributed by atoms with Crippen molar-refractivity contribution in [3.8, 4) is 5.75 Å². The van der Waals surface area contributed by atoms with E-state index in [9.17, 15) is 9.50 Å². The molecule has 13 heavy (non-hydrogen) atoms. The molecule has 0 radical (unpaired) electrons. The Labute approximate surface area is 76.4 Å². The molecule has 1 aromatic rings. The molecule has 0 saturated carbocycles. The van der Waals surface area contributed by atoms with Crippen LogP contribution in [0.1, 0.15) is 23.6 Å². The third-order valence-corrected chi connectivity index (χ3v) is 2.60. The summed E-state index contributed by atoms with van der Waals surface area (Å²) in [6, 6.07) is 3.26. The Morgan fingerprint density at radius 3 is 2.77 bits per heavy atom. The largest absolute Gasteiger partial charge is 0.507 e. The molecule has 1 aromatic carbocycles. The summed E-state index contributed by atoms with van der Waals surface area (Å²) in [4.78, 5) is 0. The van der Waals surface area contributed by atoms with Crippen LogP contribution in [0.5, 0.6) is 5.75 Å². The monoisotopic (exact) mass is 181 g/mol. The van der Waals surface area contributed by atoms with Crippen molar-refractivity contribution in [3.05, 3.63) is 29.1 Å². The number of hydrogen-bond donors (Lipinski definition) is 2. The predicted octanol–water partition coefficient (Wildman–Crippen LogP) is 1.87. The van der Waals surface area contributed by atoms with Gasteiger partial charge in [0.05, 0.1) is 0 Å². The van der Waals surface area contributed by atoms with Gasteiger partial charge in [0, 0.05) is 17.2 Å². The Morgan fingerprint density at radius 2 is 2.23 bits per heavy atom. The Balaban J connectivity index is 2.41. The fraction of sp³-hybridized carbons (Fsp3) is 0.400. The van der Waals surface area contributed by atoms with E-state index >= 15 is 0 Å². The molecule has 1 atom stereocenters. The summed E-state index contributed by atoms with van der Waals surface area (Å²) in [6.07, 6.45) is 1.01. The highest BCUT2D eigenvalue weighted by molar-refractivity contribution is 5.42. The number of aromatic hydroxyl groups is 1. The van der Waals surface area contributed by atoms with Gasteiger partial charge in [-0.2, -0.15) is 0 Å². The standard InChI is InChI=1S/C10H12FNO/c1-6-8(11)3-2-7(10(6)13)9-4-5-12-9/h2-3,9,12-13H,4-5H2,1H3. The first kappa shape index (κ1) is 8.51. The molecule has 2 rings (SSSR count). The van der Waals surface area contributed by atoms with Crippen LogP contribution in [0.4, 0.5) is 4.39 Å². The molecule has 70 valence electrons. The van der Waals surface area contributed by atoms with Crippen LogP contribution in [0.3, 0.4) is 0 Å². The SMILES string of the molecule is Cc1c(F)ccc(C2CCN2)c1O. The van der Waals surface area contributed by atoms with Gasteiger partial charge in [0.25, 0.3) is 0 Å². The second kappa shape index (κ2) is 3.00. The lowest BCUT2D eigenvalue weighted by Crippen LogP contribution is -2.35. The summed E-state index contributed by atoms with van der Waals surface area (Å²) in [5.74, 6) is -0.252. The van der Waals surface area contributed by atoms with Gasteiger partial charge in [-0.1, -0.05) is 6.07 Å². The van der Waals surface area contributed by atoms with E-state index in [-0.39, 0.29) is 17.6 Å². The van der Waals surface area contributed by atoms with Crippen molar-refractivity contribution < 1.29 is 9.50 Å². The Kier molecular flexibility index (Phi) is 1.96. The van der Waals surface area contributed by atoms with Crippen molar-refractivity contribution in [1.82, 2.24) is 5.32 Å². The number of phenols is 1. The van der Waals surface area contributed by atoms with E-state index in [0.29, 0.717) is 5.56 Å². The zero-order valence-corrected chi connectivity index (χ0v) is 7.47. The minimum atomic E-state index is -0.347. The van der Waals surface area contributed by atoms with Crippen LogP contribution in [-0.2, 0) is 0 Å². The van der Waals surface area contributed by atoms with E-state index in [4.69, 9.17) is 0 Å². The Bertz CT molecular complexity index is 334. The average molecular weight is 181 g/mol. The minimum Gasteiger partial charge on any atom is -0.507 e. The minimum absolute atomic E-state index is 0.0946. The first-order valence-corrected chi connectivity index (χ1v) is 4.41. The second-order valence-corrected chi connectivity index (χ2v) is 3.41. The third-order valence-electron chi connectivity index (χ3n) is 2.60. The van der Waals surface area contributed by atoms with Crippen LogP contribution < -0.4 is 5.32 Å². The van der Waals surface area contributed by atoms with Crippen LogP contribution in [0.15, 0.2) is 12.1 Å². The molecule has 3 heteroatoms. The summed E-state index contributed by atoms with van der Waals surface area (Å²) in [7, 11) is 0. The lowest BCUT2D eigenvalue weighted by Gasteiger charge is -2.29. The van der Waals surface area contributed by atoms with E-state index in [1.807, 2.05) is 0 Å². The molecule has 1 aliphatic heterocycles. The smallest absolute Gasteiger partial charge is 0.129 e. The number of phenolic OH excluding ortho intramolecular Hbond substituents is 1. The van der Waals surface area contributed by atoms with Crippen LogP contribution in [0.25, 0.3) is 0 Å². The molecular formula is C10H12FNO. The van der Waals surface area contributed by atoms with Crippen LogP contribution in [0.2, 0.25) is 0 Å². The van der Waals surface area contributed by atoms with Gasteiger partial charge < -0.3 is 10.4 Å². The maximum atomic E-state index is 13.0. The average Bonchev–Trinajstić information content (AvgIpc) is 2.03. The maximum absolute atomic E-state index is 13.0. The molecule has 0 aliphatic carbocycles. The number of hydrogen-bond acceptors (Lipinski definition) is 2. The van der Waals surface area contributed by atoms with Gasteiger partial charge in [-0.15, -0.1) is 0 Å². The Hall–Kier alpha value is -1.09. The zero-order valence-electron chi connectivity index (χ0n) is 7.47. The maximum Gasteiger partial charge on any atom is 0.129 e. The van der Waals surface area contributed by atoms with Gasteiger partial charge in [0.15, 0.2) is 0 Å². The van der Waals surface area contributed by atoms with E-state index in [2.05, 4.69) is 5.32 Å². The molecule has 0 aromatic heterocycles. The molecule has 1 saturated heterocycles. The third kappa shape index (κ3) is 1.29. The summed E-state index contributed by atoms with van der Waals surface area (Å²) in [5.41, 5.74) is 1.15. The van der Waals surface area contributed by atoms with Gasteiger partial charge in [0.1, 0.15) is 11.6 Å². The van der Waals surface area contributed by atoms with Crippen LogP contribution in [-0.4, -0.2) is 11.7 Å². The first-order valence-electron chi connectivity index (χ1n) is 4.41. The topological polar surface area (TPSA) is 32.3 Å².